The largest absolute Gasteiger partial charge is 0.475 e. The summed E-state index contributed by atoms with van der Waals surface area (Å²) in [4.78, 5) is 23.0. The molecular formula is C18H16O3. The van der Waals surface area contributed by atoms with Crippen LogP contribution in [0.5, 0.6) is 0 Å². The Morgan fingerprint density at radius 2 is 1.81 bits per heavy atom. The summed E-state index contributed by atoms with van der Waals surface area (Å²) in [5.74, 6) is -2.64. The maximum absolute atomic E-state index is 11.9. The number of carboxylic acid groups (broad SMARTS) is 1. The highest BCUT2D eigenvalue weighted by molar-refractivity contribution is 6.35. The van der Waals surface area contributed by atoms with Crippen molar-refractivity contribution in [1.82, 2.24) is 0 Å². The first-order chi connectivity index (χ1) is 10.1. The summed E-state index contributed by atoms with van der Waals surface area (Å²) in [7, 11) is 0. The third-order valence-corrected chi connectivity index (χ3v) is 4.20. The SMILES string of the molecule is CCC(C(=O)C(=O)O)c1cccc2c1Cc1ccccc1-2. The molecule has 0 heterocycles. The molecule has 2 aromatic carbocycles. The van der Waals surface area contributed by atoms with Crippen LogP contribution < -0.4 is 0 Å². The maximum Gasteiger partial charge on any atom is 0.372 e. The molecule has 1 aliphatic carbocycles. The first kappa shape index (κ1) is 13.6. The van der Waals surface area contributed by atoms with Crippen LogP contribution in [-0.2, 0) is 16.0 Å². The zero-order valence-electron chi connectivity index (χ0n) is 11.8. The highest BCUT2D eigenvalue weighted by Gasteiger charge is 2.30. The first-order valence-electron chi connectivity index (χ1n) is 7.10. The van der Waals surface area contributed by atoms with Gasteiger partial charge < -0.3 is 5.11 Å². The van der Waals surface area contributed by atoms with Gasteiger partial charge >= 0.3 is 5.97 Å². The van der Waals surface area contributed by atoms with E-state index in [1.807, 2.05) is 37.3 Å². The lowest BCUT2D eigenvalue weighted by Gasteiger charge is -2.16. The predicted molar refractivity (Wildman–Crippen MR) is 80.4 cm³/mol. The van der Waals surface area contributed by atoms with E-state index in [0.717, 1.165) is 23.1 Å². The van der Waals surface area contributed by atoms with Crippen LogP contribution in [0, 0.1) is 0 Å². The van der Waals surface area contributed by atoms with Crippen LogP contribution >= 0.6 is 0 Å². The number of hydrogen-bond acceptors (Lipinski definition) is 2. The fourth-order valence-electron chi connectivity index (χ4n) is 3.20. The molecule has 0 aliphatic heterocycles. The summed E-state index contributed by atoms with van der Waals surface area (Å²) in [5.41, 5.74) is 5.50. The van der Waals surface area contributed by atoms with Crippen molar-refractivity contribution >= 4 is 11.8 Å². The zero-order chi connectivity index (χ0) is 15.0. The highest BCUT2D eigenvalue weighted by Crippen LogP contribution is 2.40. The molecule has 1 N–H and O–H groups in total. The molecule has 1 unspecified atom stereocenters. The van der Waals surface area contributed by atoms with Gasteiger partial charge in [-0.25, -0.2) is 4.79 Å². The van der Waals surface area contributed by atoms with Crippen molar-refractivity contribution in [1.29, 1.82) is 0 Å². The van der Waals surface area contributed by atoms with E-state index in [0.29, 0.717) is 6.42 Å². The van der Waals surface area contributed by atoms with Crippen molar-refractivity contribution < 1.29 is 14.7 Å². The second-order valence-electron chi connectivity index (χ2n) is 5.34. The fourth-order valence-corrected chi connectivity index (χ4v) is 3.20. The van der Waals surface area contributed by atoms with E-state index in [2.05, 4.69) is 12.1 Å². The number of benzene rings is 2. The van der Waals surface area contributed by atoms with Crippen molar-refractivity contribution in [2.45, 2.75) is 25.7 Å². The second-order valence-corrected chi connectivity index (χ2v) is 5.34. The summed E-state index contributed by atoms with van der Waals surface area (Å²) >= 11 is 0. The number of carbonyl (C=O) groups excluding carboxylic acids is 1. The summed E-state index contributed by atoms with van der Waals surface area (Å²) < 4.78 is 0. The Bertz CT molecular complexity index is 731. The number of carbonyl (C=O) groups is 2. The maximum atomic E-state index is 11.9. The molecule has 21 heavy (non-hydrogen) atoms. The lowest BCUT2D eigenvalue weighted by Crippen LogP contribution is -2.22. The summed E-state index contributed by atoms with van der Waals surface area (Å²) in [6.45, 7) is 1.85. The average molecular weight is 280 g/mol. The van der Waals surface area contributed by atoms with E-state index in [1.54, 1.807) is 0 Å². The van der Waals surface area contributed by atoms with Crippen molar-refractivity contribution in [2.24, 2.45) is 0 Å². The van der Waals surface area contributed by atoms with Crippen LogP contribution in [0.25, 0.3) is 11.1 Å². The Morgan fingerprint density at radius 3 is 2.52 bits per heavy atom. The van der Waals surface area contributed by atoms with E-state index < -0.39 is 17.7 Å². The minimum absolute atomic E-state index is 0.498. The second kappa shape index (κ2) is 5.17. The third kappa shape index (κ3) is 2.15. The first-order valence-corrected chi connectivity index (χ1v) is 7.10. The Morgan fingerprint density at radius 1 is 1.10 bits per heavy atom. The summed E-state index contributed by atoms with van der Waals surface area (Å²) in [6.07, 6.45) is 1.27. The molecule has 3 nitrogen and oxygen atoms in total. The van der Waals surface area contributed by atoms with Gasteiger partial charge in [0.05, 0.1) is 5.92 Å². The number of aliphatic carboxylic acids is 1. The number of carboxylic acids is 1. The van der Waals surface area contributed by atoms with Gasteiger partial charge in [0.1, 0.15) is 0 Å². The standard InChI is InChI=1S/C18H16O3/c1-2-12(17(19)18(20)21)14-8-5-9-15-13-7-4-3-6-11(13)10-16(14)15/h3-9,12H,2,10H2,1H3,(H,20,21). The molecule has 0 bridgehead atoms. The number of Topliss-reactive ketones (excluding diaryl/α,β-unsaturated/α-hetero) is 1. The Balaban J connectivity index is 2.11. The summed E-state index contributed by atoms with van der Waals surface area (Å²) in [6, 6.07) is 14.0. The van der Waals surface area contributed by atoms with Crippen LogP contribution in [-0.4, -0.2) is 16.9 Å². The van der Waals surface area contributed by atoms with Crippen molar-refractivity contribution in [3.05, 3.63) is 59.2 Å². The van der Waals surface area contributed by atoms with Crippen molar-refractivity contribution in [2.75, 3.05) is 0 Å². The van der Waals surface area contributed by atoms with E-state index in [-0.39, 0.29) is 0 Å². The topological polar surface area (TPSA) is 54.4 Å². The van der Waals surface area contributed by atoms with Crippen LogP contribution in [0.2, 0.25) is 0 Å². The van der Waals surface area contributed by atoms with Gasteiger partial charge in [-0.1, -0.05) is 49.4 Å². The van der Waals surface area contributed by atoms with Gasteiger partial charge in [-0.05, 0) is 40.7 Å². The lowest BCUT2D eigenvalue weighted by molar-refractivity contribution is -0.149. The van der Waals surface area contributed by atoms with Crippen molar-refractivity contribution in [3.8, 4) is 11.1 Å². The fraction of sp³-hybridized carbons (Fsp3) is 0.222. The molecule has 3 heteroatoms. The van der Waals surface area contributed by atoms with Gasteiger partial charge in [0.25, 0.3) is 0 Å². The minimum Gasteiger partial charge on any atom is -0.475 e. The third-order valence-electron chi connectivity index (χ3n) is 4.20. The van der Waals surface area contributed by atoms with Crippen LogP contribution in [0.1, 0.15) is 36.0 Å². The van der Waals surface area contributed by atoms with Crippen molar-refractivity contribution in [3.63, 3.8) is 0 Å². The molecule has 0 amide bonds. The minimum atomic E-state index is -1.35. The number of rotatable bonds is 4. The van der Waals surface area contributed by atoms with E-state index in [1.165, 1.54) is 11.1 Å². The molecule has 1 atom stereocenters. The van der Waals surface area contributed by atoms with Crippen LogP contribution in [0.15, 0.2) is 42.5 Å². The Hall–Kier alpha value is -2.42. The molecule has 0 radical (unpaired) electrons. The van der Waals surface area contributed by atoms with E-state index in [9.17, 15) is 9.59 Å². The lowest BCUT2D eigenvalue weighted by atomic mass is 9.87. The Kier molecular flexibility index (Phi) is 3.34. The molecule has 0 spiro atoms. The van der Waals surface area contributed by atoms with Gasteiger partial charge in [0, 0.05) is 0 Å². The Labute approximate surface area is 123 Å². The highest BCUT2D eigenvalue weighted by atomic mass is 16.4. The molecule has 0 aromatic heterocycles. The number of ketones is 1. The van der Waals surface area contributed by atoms with E-state index in [4.69, 9.17) is 5.11 Å². The molecule has 106 valence electrons. The average Bonchev–Trinajstić information content (AvgIpc) is 2.87. The molecule has 2 aromatic rings. The van der Waals surface area contributed by atoms with Gasteiger partial charge in [-0.2, -0.15) is 0 Å². The molecule has 1 aliphatic rings. The van der Waals surface area contributed by atoms with E-state index >= 15 is 0 Å². The van der Waals surface area contributed by atoms with Gasteiger partial charge in [0.15, 0.2) is 0 Å². The normalized spacial score (nSPS) is 13.4. The molecular weight excluding hydrogens is 264 g/mol. The molecule has 0 saturated carbocycles. The molecule has 0 saturated heterocycles. The number of hydrogen-bond donors (Lipinski definition) is 1. The van der Waals surface area contributed by atoms with Crippen LogP contribution in [0.4, 0.5) is 0 Å². The zero-order valence-corrected chi connectivity index (χ0v) is 11.8. The summed E-state index contributed by atoms with van der Waals surface area (Å²) in [5, 5.41) is 9.02. The van der Waals surface area contributed by atoms with Gasteiger partial charge in [-0.3, -0.25) is 4.79 Å². The molecule has 3 rings (SSSR count). The quantitative estimate of drug-likeness (QED) is 0.745. The van der Waals surface area contributed by atoms with Gasteiger partial charge in [0.2, 0.25) is 5.78 Å². The smallest absolute Gasteiger partial charge is 0.372 e. The molecule has 0 fully saturated rings. The van der Waals surface area contributed by atoms with Gasteiger partial charge in [-0.15, -0.1) is 0 Å². The predicted octanol–water partition coefficient (Wildman–Crippen LogP) is 3.41. The number of fused-ring (bicyclic) bond motifs is 3. The monoisotopic (exact) mass is 280 g/mol. The van der Waals surface area contributed by atoms with Crippen LogP contribution in [0.3, 0.4) is 0 Å².